The third-order valence-corrected chi connectivity index (χ3v) is 6.32. The average Bonchev–Trinajstić information content (AvgIpc) is 3.17. The summed E-state index contributed by atoms with van der Waals surface area (Å²) in [6.07, 6.45) is 0. The zero-order valence-corrected chi connectivity index (χ0v) is 17.7. The van der Waals surface area contributed by atoms with Crippen LogP contribution in [0.2, 0.25) is 0 Å². The van der Waals surface area contributed by atoms with Crippen LogP contribution in [0, 0.1) is 6.92 Å². The SMILES string of the molecule is COc1ccccc1C(=O)NCCN1CCN(c2nc3ccc(C)cc3s2)CC1. The predicted octanol–water partition coefficient (Wildman–Crippen LogP) is 3.17. The van der Waals surface area contributed by atoms with Crippen LogP contribution in [0.15, 0.2) is 42.5 Å². The predicted molar refractivity (Wildman–Crippen MR) is 118 cm³/mol. The Kier molecular flexibility index (Phi) is 5.97. The van der Waals surface area contributed by atoms with Crippen LogP contribution in [0.1, 0.15) is 15.9 Å². The zero-order chi connectivity index (χ0) is 20.2. The number of amides is 1. The minimum atomic E-state index is -0.0918. The van der Waals surface area contributed by atoms with Gasteiger partial charge < -0.3 is 15.0 Å². The van der Waals surface area contributed by atoms with Crippen molar-refractivity contribution in [3.8, 4) is 5.75 Å². The third-order valence-electron chi connectivity index (χ3n) is 5.24. The van der Waals surface area contributed by atoms with Crippen LogP contribution in [0.3, 0.4) is 0 Å². The number of piperazine rings is 1. The van der Waals surface area contributed by atoms with Crippen molar-refractivity contribution in [3.05, 3.63) is 53.6 Å². The van der Waals surface area contributed by atoms with Gasteiger partial charge >= 0.3 is 0 Å². The first kappa shape index (κ1) is 19.7. The van der Waals surface area contributed by atoms with Gasteiger partial charge in [-0.2, -0.15) is 0 Å². The number of carbonyl (C=O) groups excluding carboxylic acids is 1. The lowest BCUT2D eigenvalue weighted by atomic mass is 10.2. The number of benzene rings is 2. The van der Waals surface area contributed by atoms with E-state index in [4.69, 9.17) is 9.72 Å². The molecule has 0 spiro atoms. The molecule has 2 aromatic carbocycles. The number of rotatable bonds is 6. The van der Waals surface area contributed by atoms with E-state index < -0.39 is 0 Å². The van der Waals surface area contributed by atoms with Gasteiger partial charge in [-0.15, -0.1) is 0 Å². The number of ether oxygens (including phenoxy) is 1. The highest BCUT2D eigenvalue weighted by molar-refractivity contribution is 7.22. The Morgan fingerprint density at radius 3 is 2.76 bits per heavy atom. The molecule has 1 aliphatic rings. The van der Waals surface area contributed by atoms with Crippen LogP contribution in [0.4, 0.5) is 5.13 Å². The third kappa shape index (κ3) is 4.52. The molecule has 0 atom stereocenters. The lowest BCUT2D eigenvalue weighted by molar-refractivity contribution is 0.0944. The summed E-state index contributed by atoms with van der Waals surface area (Å²) < 4.78 is 6.51. The maximum Gasteiger partial charge on any atom is 0.255 e. The van der Waals surface area contributed by atoms with E-state index in [1.54, 1.807) is 30.6 Å². The van der Waals surface area contributed by atoms with E-state index in [0.717, 1.165) is 43.4 Å². The molecule has 2 heterocycles. The molecule has 7 heteroatoms. The van der Waals surface area contributed by atoms with Gasteiger partial charge in [-0.25, -0.2) is 4.98 Å². The number of aryl methyl sites for hydroxylation is 1. The Morgan fingerprint density at radius 1 is 1.17 bits per heavy atom. The average molecular weight is 411 g/mol. The summed E-state index contributed by atoms with van der Waals surface area (Å²) in [5.41, 5.74) is 2.93. The van der Waals surface area contributed by atoms with Crippen molar-refractivity contribution >= 4 is 32.6 Å². The molecule has 0 radical (unpaired) electrons. The number of thiazole rings is 1. The topological polar surface area (TPSA) is 57.7 Å². The minimum Gasteiger partial charge on any atom is -0.496 e. The summed E-state index contributed by atoms with van der Waals surface area (Å²) in [6, 6.07) is 13.7. The Morgan fingerprint density at radius 2 is 1.97 bits per heavy atom. The summed E-state index contributed by atoms with van der Waals surface area (Å²) in [4.78, 5) is 21.9. The lowest BCUT2D eigenvalue weighted by Crippen LogP contribution is -2.48. The lowest BCUT2D eigenvalue weighted by Gasteiger charge is -2.34. The standard InChI is InChI=1S/C22H26N4O2S/c1-16-7-8-18-20(15-16)29-22(24-18)26-13-11-25(12-14-26)10-9-23-21(27)17-5-3-4-6-19(17)28-2/h3-8,15H,9-14H2,1-2H3,(H,23,27). The molecule has 6 nitrogen and oxygen atoms in total. The van der Waals surface area contributed by atoms with E-state index in [1.807, 2.05) is 12.1 Å². The van der Waals surface area contributed by atoms with Gasteiger partial charge in [-0.3, -0.25) is 9.69 Å². The maximum atomic E-state index is 12.4. The molecule has 1 N–H and O–H groups in total. The second-order valence-electron chi connectivity index (χ2n) is 7.25. The van der Waals surface area contributed by atoms with Crippen molar-refractivity contribution in [2.24, 2.45) is 0 Å². The fourth-order valence-corrected chi connectivity index (χ4v) is 4.69. The fraction of sp³-hybridized carbons (Fsp3) is 0.364. The minimum absolute atomic E-state index is 0.0918. The van der Waals surface area contributed by atoms with E-state index in [0.29, 0.717) is 17.9 Å². The molecular formula is C22H26N4O2S. The van der Waals surface area contributed by atoms with Crippen LogP contribution in [0.25, 0.3) is 10.2 Å². The second-order valence-corrected chi connectivity index (χ2v) is 8.26. The van der Waals surface area contributed by atoms with Crippen LogP contribution in [-0.2, 0) is 0 Å². The normalized spacial score (nSPS) is 14.9. The van der Waals surface area contributed by atoms with Crippen molar-refractivity contribution < 1.29 is 9.53 Å². The summed E-state index contributed by atoms with van der Waals surface area (Å²) in [6.45, 7) is 7.44. The molecule has 0 bridgehead atoms. The van der Waals surface area contributed by atoms with Crippen molar-refractivity contribution in [2.75, 3.05) is 51.3 Å². The molecule has 1 amide bonds. The van der Waals surface area contributed by atoms with Gasteiger partial charge in [0.15, 0.2) is 5.13 Å². The fourth-order valence-electron chi connectivity index (χ4n) is 3.57. The Bertz CT molecular complexity index is 995. The number of hydrogen-bond donors (Lipinski definition) is 1. The Hall–Kier alpha value is -2.64. The number of carbonyl (C=O) groups is 1. The van der Waals surface area contributed by atoms with E-state index in [2.05, 4.69) is 40.2 Å². The highest BCUT2D eigenvalue weighted by atomic mass is 32.1. The van der Waals surface area contributed by atoms with E-state index >= 15 is 0 Å². The van der Waals surface area contributed by atoms with Crippen molar-refractivity contribution in [3.63, 3.8) is 0 Å². The number of anilines is 1. The molecule has 0 unspecified atom stereocenters. The number of para-hydroxylation sites is 1. The van der Waals surface area contributed by atoms with Crippen LogP contribution in [-0.4, -0.2) is 62.2 Å². The molecule has 1 fully saturated rings. The Balaban J connectivity index is 1.26. The molecule has 0 aliphatic carbocycles. The Labute approximate surface area is 175 Å². The monoisotopic (exact) mass is 410 g/mol. The van der Waals surface area contributed by atoms with Crippen molar-refractivity contribution in [1.82, 2.24) is 15.2 Å². The molecule has 4 rings (SSSR count). The van der Waals surface area contributed by atoms with Crippen molar-refractivity contribution in [1.29, 1.82) is 0 Å². The molecule has 1 aliphatic heterocycles. The number of fused-ring (bicyclic) bond motifs is 1. The number of aromatic nitrogens is 1. The highest BCUT2D eigenvalue weighted by Gasteiger charge is 2.20. The smallest absolute Gasteiger partial charge is 0.255 e. The highest BCUT2D eigenvalue weighted by Crippen LogP contribution is 2.30. The van der Waals surface area contributed by atoms with E-state index in [1.165, 1.54) is 10.3 Å². The van der Waals surface area contributed by atoms with E-state index in [-0.39, 0.29) is 5.91 Å². The number of nitrogens with one attached hydrogen (secondary N) is 1. The van der Waals surface area contributed by atoms with Crippen molar-refractivity contribution in [2.45, 2.75) is 6.92 Å². The quantitative estimate of drug-likeness (QED) is 0.677. The first-order valence-electron chi connectivity index (χ1n) is 9.90. The van der Waals surface area contributed by atoms with Gasteiger partial charge in [-0.1, -0.05) is 29.5 Å². The van der Waals surface area contributed by atoms with Crippen LogP contribution < -0.4 is 15.0 Å². The number of hydrogen-bond acceptors (Lipinski definition) is 6. The maximum absolute atomic E-state index is 12.4. The molecule has 1 saturated heterocycles. The van der Waals surface area contributed by atoms with Crippen LogP contribution >= 0.6 is 11.3 Å². The first-order chi connectivity index (χ1) is 14.1. The molecule has 0 saturated carbocycles. The number of methoxy groups -OCH3 is 1. The zero-order valence-electron chi connectivity index (χ0n) is 16.9. The first-order valence-corrected chi connectivity index (χ1v) is 10.7. The largest absolute Gasteiger partial charge is 0.496 e. The second kappa shape index (κ2) is 8.80. The van der Waals surface area contributed by atoms with Crippen LogP contribution in [0.5, 0.6) is 5.75 Å². The number of nitrogens with zero attached hydrogens (tertiary/aromatic N) is 3. The molecule has 152 valence electrons. The van der Waals surface area contributed by atoms with Gasteiger partial charge in [0.1, 0.15) is 5.75 Å². The van der Waals surface area contributed by atoms with Gasteiger partial charge in [0, 0.05) is 39.3 Å². The molecular weight excluding hydrogens is 384 g/mol. The van der Waals surface area contributed by atoms with Gasteiger partial charge in [-0.05, 0) is 36.8 Å². The molecule has 29 heavy (non-hydrogen) atoms. The van der Waals surface area contributed by atoms with E-state index in [9.17, 15) is 4.79 Å². The van der Waals surface area contributed by atoms with Gasteiger partial charge in [0.05, 0.1) is 22.9 Å². The van der Waals surface area contributed by atoms with Gasteiger partial charge in [0.2, 0.25) is 0 Å². The summed E-state index contributed by atoms with van der Waals surface area (Å²) >= 11 is 1.77. The summed E-state index contributed by atoms with van der Waals surface area (Å²) in [5, 5.41) is 4.11. The summed E-state index contributed by atoms with van der Waals surface area (Å²) in [5.74, 6) is 0.510. The van der Waals surface area contributed by atoms with Gasteiger partial charge in [0.25, 0.3) is 5.91 Å². The molecule has 3 aromatic rings. The summed E-state index contributed by atoms with van der Waals surface area (Å²) in [7, 11) is 1.58. The molecule has 1 aromatic heterocycles.